The molecule has 1 aromatic carbocycles. The summed E-state index contributed by atoms with van der Waals surface area (Å²) in [6, 6.07) is 8.96. The Kier molecular flexibility index (Phi) is 2.73. The van der Waals surface area contributed by atoms with Crippen molar-refractivity contribution in [3.63, 3.8) is 0 Å². The molecule has 1 radical (unpaired) electrons. The zero-order valence-electron chi connectivity index (χ0n) is 8.53. The van der Waals surface area contributed by atoms with Gasteiger partial charge in [0.25, 0.3) is 0 Å². The van der Waals surface area contributed by atoms with E-state index in [1.54, 1.807) is 12.1 Å². The predicted molar refractivity (Wildman–Crippen MR) is 56.4 cm³/mol. The van der Waals surface area contributed by atoms with Gasteiger partial charge in [-0.15, -0.1) is 0 Å². The molecule has 0 atom stereocenters. The zero-order chi connectivity index (χ0) is 10.7. The molecule has 0 heterocycles. The monoisotopic (exact) mass is 204 g/mol. The third-order valence-electron chi connectivity index (χ3n) is 2.80. The van der Waals surface area contributed by atoms with Gasteiger partial charge in [0, 0.05) is 0 Å². The van der Waals surface area contributed by atoms with Crippen LogP contribution in [0.15, 0.2) is 30.3 Å². The Hall–Kier alpha value is -1.35. The van der Waals surface area contributed by atoms with Crippen molar-refractivity contribution in [3.05, 3.63) is 30.3 Å². The van der Waals surface area contributed by atoms with Crippen molar-refractivity contribution in [2.24, 2.45) is 0 Å². The Morgan fingerprint density at radius 2 is 1.80 bits per heavy atom. The van der Waals surface area contributed by atoms with Crippen LogP contribution in [0, 0.1) is 0 Å². The zero-order valence-corrected chi connectivity index (χ0v) is 8.53. The maximum absolute atomic E-state index is 11.7. The Bertz CT molecular complexity index is 342. The van der Waals surface area contributed by atoms with Crippen molar-refractivity contribution < 1.29 is 9.53 Å². The molecule has 1 aliphatic carbocycles. The molecule has 79 valence electrons. The van der Waals surface area contributed by atoms with Crippen molar-refractivity contribution in [3.8, 4) is 5.75 Å². The van der Waals surface area contributed by atoms with Crippen molar-refractivity contribution in [2.45, 2.75) is 31.2 Å². The molecule has 0 aromatic heterocycles. The second kappa shape index (κ2) is 4.03. The van der Waals surface area contributed by atoms with Gasteiger partial charge < -0.3 is 4.74 Å². The normalized spacial score (nSPS) is 18.7. The van der Waals surface area contributed by atoms with Crippen LogP contribution < -0.4 is 10.5 Å². The minimum absolute atomic E-state index is 0.411. The first kappa shape index (κ1) is 10.2. The molecule has 1 aromatic rings. The van der Waals surface area contributed by atoms with Crippen molar-refractivity contribution in [1.82, 2.24) is 5.73 Å². The molecule has 3 heteroatoms. The lowest BCUT2D eigenvalue weighted by Gasteiger charge is -2.19. The smallest absolute Gasteiger partial charge is 0.333 e. The van der Waals surface area contributed by atoms with Crippen LogP contribution in [0.1, 0.15) is 25.7 Å². The topological polar surface area (TPSA) is 50.1 Å². The summed E-state index contributed by atoms with van der Waals surface area (Å²) < 4.78 is 5.17. The second-order valence-corrected chi connectivity index (χ2v) is 3.99. The molecular formula is C12H14NO2. The highest BCUT2D eigenvalue weighted by atomic mass is 16.5. The number of carbonyl (C=O) groups excluding carboxylic acids is 1. The highest BCUT2D eigenvalue weighted by Gasteiger charge is 2.39. The third kappa shape index (κ3) is 2.18. The number of esters is 1. The number of para-hydroxylation sites is 1. The number of benzene rings is 1. The van der Waals surface area contributed by atoms with E-state index in [2.05, 4.69) is 0 Å². The van der Waals surface area contributed by atoms with E-state index in [1.165, 1.54) is 0 Å². The van der Waals surface area contributed by atoms with E-state index < -0.39 is 11.5 Å². The third-order valence-corrected chi connectivity index (χ3v) is 2.80. The van der Waals surface area contributed by atoms with Crippen LogP contribution in [0.2, 0.25) is 0 Å². The maximum Gasteiger partial charge on any atom is 0.333 e. The first-order chi connectivity index (χ1) is 7.21. The number of hydrogen-bond acceptors (Lipinski definition) is 2. The average Bonchev–Trinajstić information content (AvgIpc) is 2.68. The van der Waals surface area contributed by atoms with Crippen LogP contribution in [-0.4, -0.2) is 11.5 Å². The summed E-state index contributed by atoms with van der Waals surface area (Å²) in [6.07, 6.45) is 3.15. The molecular weight excluding hydrogens is 190 g/mol. The molecule has 0 saturated heterocycles. The number of carbonyl (C=O) groups is 1. The van der Waals surface area contributed by atoms with Gasteiger partial charge in [0.05, 0.1) is 0 Å². The Balaban J connectivity index is 2.04. The fourth-order valence-corrected chi connectivity index (χ4v) is 1.88. The van der Waals surface area contributed by atoms with Crippen LogP contribution in [0.4, 0.5) is 0 Å². The summed E-state index contributed by atoms with van der Waals surface area (Å²) in [5, 5.41) is 0. The van der Waals surface area contributed by atoms with E-state index in [0.29, 0.717) is 18.6 Å². The van der Waals surface area contributed by atoms with Gasteiger partial charge in [-0.1, -0.05) is 31.0 Å². The molecule has 1 saturated carbocycles. The summed E-state index contributed by atoms with van der Waals surface area (Å²) >= 11 is 0. The number of nitrogens with one attached hydrogen (secondary N) is 1. The van der Waals surface area contributed by atoms with E-state index in [0.717, 1.165) is 12.8 Å². The lowest BCUT2D eigenvalue weighted by atomic mass is 10.00. The molecule has 2 rings (SSSR count). The lowest BCUT2D eigenvalue weighted by molar-refractivity contribution is -0.140. The van der Waals surface area contributed by atoms with E-state index in [1.807, 2.05) is 18.2 Å². The Morgan fingerprint density at radius 3 is 2.40 bits per heavy atom. The lowest BCUT2D eigenvalue weighted by Crippen LogP contribution is -2.40. The van der Waals surface area contributed by atoms with Crippen molar-refractivity contribution >= 4 is 5.97 Å². The fraction of sp³-hybridized carbons (Fsp3) is 0.417. The van der Waals surface area contributed by atoms with E-state index in [9.17, 15) is 4.79 Å². The minimum Gasteiger partial charge on any atom is -0.425 e. The van der Waals surface area contributed by atoms with Gasteiger partial charge in [-0.25, -0.2) is 10.5 Å². The number of hydrogen-bond donors (Lipinski definition) is 0. The van der Waals surface area contributed by atoms with Crippen LogP contribution in [0.25, 0.3) is 0 Å². The summed E-state index contributed by atoms with van der Waals surface area (Å²) in [5.74, 6) is 0.118. The first-order valence-electron chi connectivity index (χ1n) is 5.23. The molecule has 1 fully saturated rings. The molecule has 0 unspecified atom stereocenters. The van der Waals surface area contributed by atoms with E-state index in [4.69, 9.17) is 10.5 Å². The van der Waals surface area contributed by atoms with Gasteiger partial charge in [-0.3, -0.25) is 0 Å². The Labute approximate surface area is 89.2 Å². The first-order valence-corrected chi connectivity index (χ1v) is 5.23. The standard InChI is InChI=1S/C12H14NO2/c13-12(8-4-5-9-12)11(14)15-10-6-2-1-3-7-10/h1-3,6-7,13H,4-5,8-9H2. The SMILES string of the molecule is [NH]C1(C(=O)Oc2ccccc2)CCCC1. The van der Waals surface area contributed by atoms with Gasteiger partial charge in [0.1, 0.15) is 11.3 Å². The number of rotatable bonds is 2. The summed E-state index contributed by atoms with van der Waals surface area (Å²) in [4.78, 5) is 11.7. The van der Waals surface area contributed by atoms with Crippen molar-refractivity contribution in [1.29, 1.82) is 0 Å². The minimum atomic E-state index is -1.00. The maximum atomic E-state index is 11.7. The molecule has 3 nitrogen and oxygen atoms in total. The van der Waals surface area contributed by atoms with Gasteiger partial charge in [0.2, 0.25) is 0 Å². The molecule has 1 N–H and O–H groups in total. The molecule has 0 aliphatic heterocycles. The van der Waals surface area contributed by atoms with E-state index in [-0.39, 0.29) is 0 Å². The van der Waals surface area contributed by atoms with Crippen LogP contribution in [-0.2, 0) is 4.79 Å². The van der Waals surface area contributed by atoms with Crippen molar-refractivity contribution in [2.75, 3.05) is 0 Å². The van der Waals surface area contributed by atoms with Crippen LogP contribution in [0.3, 0.4) is 0 Å². The van der Waals surface area contributed by atoms with Gasteiger partial charge >= 0.3 is 5.97 Å². The van der Waals surface area contributed by atoms with Gasteiger partial charge in [-0.2, -0.15) is 0 Å². The largest absolute Gasteiger partial charge is 0.425 e. The summed E-state index contributed by atoms with van der Waals surface area (Å²) in [5.41, 5.74) is 6.96. The average molecular weight is 204 g/mol. The Morgan fingerprint density at radius 1 is 1.20 bits per heavy atom. The van der Waals surface area contributed by atoms with Crippen LogP contribution in [0.5, 0.6) is 5.75 Å². The molecule has 1 aliphatic rings. The van der Waals surface area contributed by atoms with E-state index >= 15 is 0 Å². The molecule has 0 amide bonds. The predicted octanol–water partition coefficient (Wildman–Crippen LogP) is 2.19. The van der Waals surface area contributed by atoms with Crippen LogP contribution >= 0.6 is 0 Å². The second-order valence-electron chi connectivity index (χ2n) is 3.99. The highest BCUT2D eigenvalue weighted by molar-refractivity contribution is 5.82. The number of ether oxygens (including phenoxy) is 1. The fourth-order valence-electron chi connectivity index (χ4n) is 1.88. The molecule has 0 spiro atoms. The summed E-state index contributed by atoms with van der Waals surface area (Å²) in [6.45, 7) is 0. The van der Waals surface area contributed by atoms with Gasteiger partial charge in [0.15, 0.2) is 0 Å². The van der Waals surface area contributed by atoms with Gasteiger partial charge in [-0.05, 0) is 25.0 Å². The summed E-state index contributed by atoms with van der Waals surface area (Å²) in [7, 11) is 0. The quantitative estimate of drug-likeness (QED) is 0.547. The highest BCUT2D eigenvalue weighted by Crippen LogP contribution is 2.30. The molecule has 0 bridgehead atoms. The molecule has 15 heavy (non-hydrogen) atoms.